The average molecular weight is 402 g/mol. The van der Waals surface area contributed by atoms with E-state index in [0.29, 0.717) is 5.52 Å². The molecule has 0 unspecified atom stereocenters. The first-order valence-corrected chi connectivity index (χ1v) is 11.0. The van der Waals surface area contributed by atoms with E-state index in [1.807, 2.05) is 12.1 Å². The maximum absolute atomic E-state index is 11.5. The first-order chi connectivity index (χ1) is 11.4. The highest BCUT2D eigenvalue weighted by atomic mass is 35.5. The second kappa shape index (κ2) is 7.05. The van der Waals surface area contributed by atoms with Crippen LogP contribution in [0.15, 0.2) is 40.4 Å². The number of benzene rings is 1. The lowest BCUT2D eigenvalue weighted by molar-refractivity contribution is 0.598. The Bertz CT molecular complexity index is 979. The van der Waals surface area contributed by atoms with Gasteiger partial charge in [-0.15, -0.1) is 11.3 Å². The minimum Gasteiger partial charge on any atom is -0.319 e. The van der Waals surface area contributed by atoms with Gasteiger partial charge < -0.3 is 4.57 Å². The van der Waals surface area contributed by atoms with Gasteiger partial charge in [0.05, 0.1) is 20.3 Å². The highest BCUT2D eigenvalue weighted by Gasteiger charge is 2.15. The Labute approximate surface area is 153 Å². The van der Waals surface area contributed by atoms with E-state index >= 15 is 0 Å². The van der Waals surface area contributed by atoms with Crippen molar-refractivity contribution in [3.8, 4) is 0 Å². The van der Waals surface area contributed by atoms with Crippen molar-refractivity contribution in [3.05, 3.63) is 39.5 Å². The van der Waals surface area contributed by atoms with Crippen LogP contribution < -0.4 is 5.14 Å². The summed E-state index contributed by atoms with van der Waals surface area (Å²) in [6.07, 6.45) is 0.959. The van der Waals surface area contributed by atoms with Crippen LogP contribution in [0.3, 0.4) is 0 Å². The molecular weight excluding hydrogens is 386 g/mol. The van der Waals surface area contributed by atoms with Gasteiger partial charge in [0.2, 0.25) is 10.0 Å². The lowest BCUT2D eigenvalue weighted by Gasteiger charge is -2.07. The van der Waals surface area contributed by atoms with Crippen molar-refractivity contribution >= 4 is 55.8 Å². The molecule has 2 N–H and O–H groups in total. The van der Waals surface area contributed by atoms with Gasteiger partial charge >= 0.3 is 0 Å². The van der Waals surface area contributed by atoms with Crippen molar-refractivity contribution in [2.75, 3.05) is 0 Å². The Morgan fingerprint density at radius 2 is 2.12 bits per heavy atom. The molecule has 0 aliphatic heterocycles. The lowest BCUT2D eigenvalue weighted by atomic mass is 10.3. The van der Waals surface area contributed by atoms with Crippen LogP contribution in [0.2, 0.25) is 4.34 Å². The molecule has 0 radical (unpaired) electrons. The fourth-order valence-corrected chi connectivity index (χ4v) is 5.08. The number of fused-ring (bicyclic) bond motifs is 1. The molecule has 0 atom stereocenters. The molecule has 5 nitrogen and oxygen atoms in total. The number of hydrogen-bond acceptors (Lipinski definition) is 5. The normalized spacial score (nSPS) is 12.1. The third-order valence-corrected chi connectivity index (χ3v) is 6.78. The summed E-state index contributed by atoms with van der Waals surface area (Å²) >= 11 is 9.13. The maximum Gasteiger partial charge on any atom is 0.238 e. The van der Waals surface area contributed by atoms with Crippen molar-refractivity contribution in [1.82, 2.24) is 9.55 Å². The summed E-state index contributed by atoms with van der Waals surface area (Å²) in [5, 5.41) is 6.07. The van der Waals surface area contributed by atoms with Crippen LogP contribution in [0.1, 0.15) is 18.2 Å². The Kier molecular flexibility index (Phi) is 5.22. The lowest BCUT2D eigenvalue weighted by Crippen LogP contribution is -2.11. The highest BCUT2D eigenvalue weighted by Crippen LogP contribution is 2.31. The number of primary sulfonamides is 1. The van der Waals surface area contributed by atoms with Crippen LogP contribution in [0.25, 0.3) is 11.0 Å². The monoisotopic (exact) mass is 401 g/mol. The van der Waals surface area contributed by atoms with Crippen LogP contribution >= 0.6 is 34.7 Å². The van der Waals surface area contributed by atoms with Gasteiger partial charge in [-0.25, -0.2) is 18.5 Å². The van der Waals surface area contributed by atoms with Crippen molar-refractivity contribution in [3.63, 3.8) is 0 Å². The summed E-state index contributed by atoms with van der Waals surface area (Å²) in [5.41, 5.74) is 1.55. The molecule has 3 aromatic rings. The molecule has 0 saturated heterocycles. The van der Waals surface area contributed by atoms with Gasteiger partial charge in [0.1, 0.15) is 0 Å². The zero-order valence-electron chi connectivity index (χ0n) is 12.9. The molecule has 24 heavy (non-hydrogen) atoms. The van der Waals surface area contributed by atoms with Crippen molar-refractivity contribution in [1.29, 1.82) is 0 Å². The number of nitrogens with two attached hydrogens (primary N) is 1. The zero-order chi connectivity index (χ0) is 17.3. The molecule has 3 rings (SSSR count). The summed E-state index contributed by atoms with van der Waals surface area (Å²) in [4.78, 5) is 5.86. The van der Waals surface area contributed by atoms with Gasteiger partial charge in [-0.1, -0.05) is 30.3 Å². The zero-order valence-corrected chi connectivity index (χ0v) is 16.1. The molecule has 128 valence electrons. The summed E-state index contributed by atoms with van der Waals surface area (Å²) in [6.45, 7) is 2.91. The Hall–Kier alpha value is -1.06. The van der Waals surface area contributed by atoms with E-state index in [1.54, 1.807) is 29.2 Å². The number of thioether (sulfide) groups is 1. The van der Waals surface area contributed by atoms with Crippen LogP contribution in [0, 0.1) is 0 Å². The van der Waals surface area contributed by atoms with Gasteiger partial charge in [0.15, 0.2) is 5.16 Å². The van der Waals surface area contributed by atoms with Gasteiger partial charge in [0.25, 0.3) is 0 Å². The summed E-state index contributed by atoms with van der Waals surface area (Å²) in [7, 11) is -3.73. The SMILES string of the molecule is CCCn1c(SCc2ccc(Cl)s2)nc2cc(S(N)(=O)=O)ccc21. The third-order valence-electron chi connectivity index (χ3n) is 3.43. The number of rotatable bonds is 6. The number of hydrogen-bond donors (Lipinski definition) is 1. The predicted octanol–water partition coefficient (Wildman–Crippen LogP) is 4.10. The number of sulfonamides is 1. The average Bonchev–Trinajstić information content (AvgIpc) is 3.08. The van der Waals surface area contributed by atoms with Crippen LogP contribution in [0.5, 0.6) is 0 Å². The van der Waals surface area contributed by atoms with E-state index in [-0.39, 0.29) is 4.90 Å². The molecule has 0 aliphatic carbocycles. The number of imidazole rings is 1. The van der Waals surface area contributed by atoms with Gasteiger partial charge in [0, 0.05) is 17.2 Å². The number of thiophene rings is 1. The summed E-state index contributed by atoms with van der Waals surface area (Å²) in [6, 6.07) is 8.72. The molecule has 1 aromatic carbocycles. The number of aryl methyl sites for hydroxylation is 1. The Morgan fingerprint density at radius 3 is 2.75 bits per heavy atom. The Morgan fingerprint density at radius 1 is 1.33 bits per heavy atom. The van der Waals surface area contributed by atoms with Crippen LogP contribution in [-0.4, -0.2) is 18.0 Å². The topological polar surface area (TPSA) is 78.0 Å². The number of aromatic nitrogens is 2. The molecular formula is C15H16ClN3O2S3. The maximum atomic E-state index is 11.5. The Balaban J connectivity index is 1.97. The highest BCUT2D eigenvalue weighted by molar-refractivity contribution is 7.98. The first kappa shape index (κ1) is 17.8. The van der Waals surface area contributed by atoms with E-state index in [1.165, 1.54) is 17.0 Å². The molecule has 2 aromatic heterocycles. The number of halogens is 1. The van der Waals surface area contributed by atoms with Crippen LogP contribution in [-0.2, 0) is 22.3 Å². The standard InChI is InChI=1S/C15H16ClN3O2S3/c1-2-7-19-13-5-4-11(24(17,20)21)8-12(13)18-15(19)22-9-10-3-6-14(16)23-10/h3-6,8H,2,7,9H2,1H3,(H2,17,20,21). The number of nitrogens with zero attached hydrogens (tertiary/aromatic N) is 2. The van der Waals surface area contributed by atoms with Crippen LogP contribution in [0.4, 0.5) is 0 Å². The van der Waals surface area contributed by atoms with Gasteiger partial charge in [-0.2, -0.15) is 0 Å². The molecule has 0 aliphatic rings. The predicted molar refractivity (Wildman–Crippen MR) is 100 cm³/mol. The largest absolute Gasteiger partial charge is 0.319 e. The van der Waals surface area contributed by atoms with Crippen molar-refractivity contribution in [2.45, 2.75) is 35.7 Å². The summed E-state index contributed by atoms with van der Waals surface area (Å²) in [5.74, 6) is 0.770. The quantitative estimate of drug-likeness (QED) is 0.630. The van der Waals surface area contributed by atoms with E-state index < -0.39 is 10.0 Å². The fraction of sp³-hybridized carbons (Fsp3) is 0.267. The molecule has 0 saturated carbocycles. The van der Waals surface area contributed by atoms with Crippen molar-refractivity contribution in [2.24, 2.45) is 5.14 Å². The molecule has 0 fully saturated rings. The molecule has 0 amide bonds. The third kappa shape index (κ3) is 3.78. The second-order valence-electron chi connectivity index (χ2n) is 5.24. The van der Waals surface area contributed by atoms with Gasteiger partial charge in [-0.3, -0.25) is 0 Å². The molecule has 0 spiro atoms. The second-order valence-corrected chi connectivity index (χ2v) is 9.54. The van der Waals surface area contributed by atoms with E-state index in [0.717, 1.165) is 33.7 Å². The minimum absolute atomic E-state index is 0.0812. The van der Waals surface area contributed by atoms with E-state index in [4.69, 9.17) is 16.7 Å². The summed E-state index contributed by atoms with van der Waals surface area (Å²) < 4.78 is 25.9. The van der Waals surface area contributed by atoms with Crippen molar-refractivity contribution < 1.29 is 8.42 Å². The van der Waals surface area contributed by atoms with Gasteiger partial charge in [-0.05, 0) is 36.8 Å². The molecule has 0 bridgehead atoms. The first-order valence-electron chi connectivity index (χ1n) is 7.28. The minimum atomic E-state index is -3.73. The van der Waals surface area contributed by atoms with E-state index in [2.05, 4.69) is 16.5 Å². The molecule has 2 heterocycles. The fourth-order valence-electron chi connectivity index (χ4n) is 2.38. The smallest absolute Gasteiger partial charge is 0.238 e. The van der Waals surface area contributed by atoms with E-state index in [9.17, 15) is 8.42 Å². The molecule has 9 heteroatoms.